The first kappa shape index (κ1) is 20.1. The number of sulfonamides is 1. The number of nitrogens with zero attached hydrogens (tertiary/aromatic N) is 4. The number of aryl methyl sites for hydroxylation is 1. The maximum Gasteiger partial charge on any atom is 0.263 e. The van der Waals surface area contributed by atoms with Crippen LogP contribution in [-0.2, 0) is 28.4 Å². The summed E-state index contributed by atoms with van der Waals surface area (Å²) in [4.78, 5) is 19.5. The maximum atomic E-state index is 13.1. The van der Waals surface area contributed by atoms with Crippen LogP contribution in [0.2, 0.25) is 0 Å². The number of aromatic nitrogens is 2. The number of amidine groups is 1. The Hall–Kier alpha value is -2.68. The van der Waals surface area contributed by atoms with E-state index in [4.69, 9.17) is 0 Å². The van der Waals surface area contributed by atoms with Crippen LogP contribution >= 0.6 is 0 Å². The van der Waals surface area contributed by atoms with Crippen molar-refractivity contribution in [2.75, 3.05) is 7.05 Å². The minimum Gasteiger partial charge on any atom is -0.339 e. The molecule has 2 aromatic rings. The van der Waals surface area contributed by atoms with E-state index in [1.807, 2.05) is 27.1 Å². The van der Waals surface area contributed by atoms with Crippen LogP contribution in [0.4, 0.5) is 0 Å². The summed E-state index contributed by atoms with van der Waals surface area (Å²) < 4.78 is 28.8. The molecule has 0 saturated carbocycles. The van der Waals surface area contributed by atoms with Crippen molar-refractivity contribution in [3.63, 3.8) is 0 Å². The van der Waals surface area contributed by atoms with E-state index in [-0.39, 0.29) is 22.6 Å². The third-order valence-electron chi connectivity index (χ3n) is 4.92. The number of hydrogen-bond donors (Lipinski definition) is 1. The maximum absolute atomic E-state index is 13.1. The predicted octanol–water partition coefficient (Wildman–Crippen LogP) is 1.53. The van der Waals surface area contributed by atoms with Crippen LogP contribution in [0, 0.1) is 5.92 Å². The molecular formula is C19H25N5O3S. The Morgan fingerprint density at radius 1 is 1.36 bits per heavy atom. The van der Waals surface area contributed by atoms with Gasteiger partial charge in [0.15, 0.2) is 0 Å². The van der Waals surface area contributed by atoms with Gasteiger partial charge >= 0.3 is 0 Å². The molecule has 150 valence electrons. The van der Waals surface area contributed by atoms with Crippen LogP contribution in [0.3, 0.4) is 0 Å². The molecule has 2 heterocycles. The summed E-state index contributed by atoms with van der Waals surface area (Å²) in [7, 11) is -0.0990. The van der Waals surface area contributed by atoms with Crippen molar-refractivity contribution in [1.29, 1.82) is 0 Å². The van der Waals surface area contributed by atoms with Crippen molar-refractivity contribution in [3.8, 4) is 0 Å². The molecule has 0 bridgehead atoms. The number of carbonyl (C=O) groups excluding carboxylic acids is 1. The summed E-state index contributed by atoms with van der Waals surface area (Å²) in [6, 6.07) is 5.97. The molecule has 1 aromatic heterocycles. The molecule has 0 fully saturated rings. The molecular weight excluding hydrogens is 378 g/mol. The van der Waals surface area contributed by atoms with Crippen molar-refractivity contribution in [2.24, 2.45) is 18.0 Å². The molecule has 1 amide bonds. The van der Waals surface area contributed by atoms with Crippen molar-refractivity contribution in [3.05, 3.63) is 47.8 Å². The number of aliphatic imine (C=N–C) groups is 1. The van der Waals surface area contributed by atoms with Gasteiger partial charge in [-0.05, 0) is 18.1 Å². The van der Waals surface area contributed by atoms with E-state index >= 15 is 0 Å². The second-order valence-corrected chi connectivity index (χ2v) is 8.78. The van der Waals surface area contributed by atoms with Crippen LogP contribution in [0.15, 0.2) is 46.5 Å². The summed E-state index contributed by atoms with van der Waals surface area (Å²) in [6.07, 6.45) is 4.31. The molecule has 3 rings (SSSR count). The van der Waals surface area contributed by atoms with Gasteiger partial charge in [-0.3, -0.25) is 19.2 Å². The standard InChI is InChI=1S/C19H25N5O3S/c1-5-13(2)17(19(25)23(3)11-14-10-20-24(4)12-14)21-18-15-8-6-7-9-16(15)28(26,27)22-18/h6-10,12-13,17H,5,11H2,1-4H3,(H,21,22)/t13-,17-/m0/s1. The third-order valence-corrected chi connectivity index (χ3v) is 6.32. The average molecular weight is 404 g/mol. The normalized spacial score (nSPS) is 18.4. The summed E-state index contributed by atoms with van der Waals surface area (Å²) in [5.41, 5.74) is 1.42. The first-order valence-electron chi connectivity index (χ1n) is 9.15. The quantitative estimate of drug-likeness (QED) is 0.791. The molecule has 0 unspecified atom stereocenters. The summed E-state index contributed by atoms with van der Waals surface area (Å²) in [5.74, 6) is 0.0203. The van der Waals surface area contributed by atoms with Gasteiger partial charge in [-0.1, -0.05) is 32.4 Å². The van der Waals surface area contributed by atoms with Gasteiger partial charge in [0.05, 0.1) is 11.1 Å². The van der Waals surface area contributed by atoms with E-state index in [1.165, 1.54) is 6.07 Å². The molecule has 1 aliphatic rings. The SMILES string of the molecule is CC[C@H](C)[C@H](N=C1NS(=O)(=O)c2ccccc21)C(=O)N(C)Cc1cnn(C)c1. The highest BCUT2D eigenvalue weighted by Crippen LogP contribution is 2.24. The Morgan fingerprint density at radius 2 is 2.07 bits per heavy atom. The average Bonchev–Trinajstić information content (AvgIpc) is 3.19. The molecule has 28 heavy (non-hydrogen) atoms. The summed E-state index contributed by atoms with van der Waals surface area (Å²) in [5, 5.41) is 4.12. The van der Waals surface area contributed by atoms with Crippen molar-refractivity contribution >= 4 is 21.8 Å². The summed E-state index contributed by atoms with van der Waals surface area (Å²) >= 11 is 0. The Morgan fingerprint density at radius 3 is 2.71 bits per heavy atom. The summed E-state index contributed by atoms with van der Waals surface area (Å²) in [6.45, 7) is 4.34. The van der Waals surface area contributed by atoms with E-state index < -0.39 is 16.1 Å². The van der Waals surface area contributed by atoms with E-state index in [9.17, 15) is 13.2 Å². The first-order chi connectivity index (χ1) is 13.2. The molecule has 1 aliphatic heterocycles. The van der Waals surface area contributed by atoms with Gasteiger partial charge in [0, 0.05) is 38.0 Å². The number of nitrogens with one attached hydrogen (secondary N) is 1. The van der Waals surface area contributed by atoms with Crippen molar-refractivity contribution < 1.29 is 13.2 Å². The number of amides is 1. The molecule has 0 saturated heterocycles. The third kappa shape index (κ3) is 3.94. The number of hydrogen-bond acceptors (Lipinski definition) is 5. The lowest BCUT2D eigenvalue weighted by atomic mass is 9.98. The molecule has 0 aliphatic carbocycles. The zero-order valence-corrected chi connectivity index (χ0v) is 17.3. The second kappa shape index (κ2) is 7.75. The van der Waals surface area contributed by atoms with Crippen LogP contribution in [-0.4, -0.2) is 47.9 Å². The molecule has 9 heteroatoms. The largest absolute Gasteiger partial charge is 0.339 e. The lowest BCUT2D eigenvalue weighted by molar-refractivity contribution is -0.132. The van der Waals surface area contributed by atoms with E-state index in [2.05, 4.69) is 14.8 Å². The number of fused-ring (bicyclic) bond motifs is 1. The van der Waals surface area contributed by atoms with E-state index in [0.29, 0.717) is 12.1 Å². The van der Waals surface area contributed by atoms with Gasteiger partial charge < -0.3 is 4.90 Å². The van der Waals surface area contributed by atoms with Crippen molar-refractivity contribution in [2.45, 2.75) is 37.8 Å². The van der Waals surface area contributed by atoms with Crippen LogP contribution in [0.5, 0.6) is 0 Å². The Balaban J connectivity index is 1.91. The lowest BCUT2D eigenvalue weighted by Crippen LogP contribution is -2.40. The zero-order chi connectivity index (χ0) is 20.5. The van der Waals surface area contributed by atoms with Crippen molar-refractivity contribution in [1.82, 2.24) is 19.4 Å². The minimum atomic E-state index is -3.64. The Labute approximate surface area is 165 Å². The molecule has 8 nitrogen and oxygen atoms in total. The first-order valence-corrected chi connectivity index (χ1v) is 10.6. The van der Waals surface area contributed by atoms with Gasteiger partial charge in [0.2, 0.25) is 5.91 Å². The van der Waals surface area contributed by atoms with E-state index in [1.54, 1.807) is 41.0 Å². The fraction of sp³-hybridized carbons (Fsp3) is 0.421. The highest BCUT2D eigenvalue weighted by molar-refractivity contribution is 7.90. The second-order valence-electron chi connectivity index (χ2n) is 7.13. The monoisotopic (exact) mass is 403 g/mol. The topological polar surface area (TPSA) is 96.7 Å². The number of likely N-dealkylation sites (N-methyl/N-ethyl adjacent to an activating group) is 1. The van der Waals surface area contributed by atoms with Gasteiger partial charge in [-0.15, -0.1) is 0 Å². The molecule has 1 N–H and O–H groups in total. The van der Waals surface area contributed by atoms with Crippen LogP contribution < -0.4 is 4.72 Å². The minimum absolute atomic E-state index is 0.0476. The number of rotatable bonds is 6. The Bertz CT molecular complexity index is 1010. The predicted molar refractivity (Wildman–Crippen MR) is 106 cm³/mol. The highest BCUT2D eigenvalue weighted by Gasteiger charge is 2.33. The fourth-order valence-electron chi connectivity index (χ4n) is 3.15. The van der Waals surface area contributed by atoms with E-state index in [0.717, 1.165) is 12.0 Å². The Kier molecular flexibility index (Phi) is 5.55. The number of carbonyl (C=O) groups is 1. The molecule has 2 atom stereocenters. The smallest absolute Gasteiger partial charge is 0.263 e. The highest BCUT2D eigenvalue weighted by atomic mass is 32.2. The molecule has 0 radical (unpaired) electrons. The zero-order valence-electron chi connectivity index (χ0n) is 16.5. The number of benzene rings is 1. The van der Waals surface area contributed by atoms with Gasteiger partial charge in [-0.2, -0.15) is 5.10 Å². The molecule has 0 spiro atoms. The van der Waals surface area contributed by atoms with Crippen LogP contribution in [0.1, 0.15) is 31.4 Å². The van der Waals surface area contributed by atoms with Gasteiger partial charge in [-0.25, -0.2) is 8.42 Å². The van der Waals surface area contributed by atoms with Crippen LogP contribution in [0.25, 0.3) is 0 Å². The van der Waals surface area contributed by atoms with Gasteiger partial charge in [0.1, 0.15) is 11.9 Å². The van der Waals surface area contributed by atoms with Gasteiger partial charge in [0.25, 0.3) is 10.0 Å². The fourth-order valence-corrected chi connectivity index (χ4v) is 4.39. The lowest BCUT2D eigenvalue weighted by Gasteiger charge is -2.25. The molecule has 1 aromatic carbocycles.